The van der Waals surface area contributed by atoms with Crippen molar-refractivity contribution in [3.05, 3.63) is 46.1 Å². The maximum Gasteiger partial charge on any atom is 0.356 e. The van der Waals surface area contributed by atoms with E-state index in [1.54, 1.807) is 25.1 Å². The number of para-hydroxylation sites is 1. The van der Waals surface area contributed by atoms with E-state index in [0.29, 0.717) is 11.3 Å². The lowest BCUT2D eigenvalue weighted by molar-refractivity contribution is -0.384. The van der Waals surface area contributed by atoms with Crippen LogP contribution in [0.2, 0.25) is 0 Å². The molecule has 0 bridgehead atoms. The molecule has 0 saturated heterocycles. The van der Waals surface area contributed by atoms with Crippen LogP contribution in [-0.2, 0) is 4.74 Å². The normalized spacial score (nSPS) is 10.2. The Bertz CT molecular complexity index is 621. The topological polar surface area (TPSA) is 98.1 Å². The van der Waals surface area contributed by atoms with Gasteiger partial charge in [-0.1, -0.05) is 12.1 Å². The summed E-state index contributed by atoms with van der Waals surface area (Å²) in [5.41, 5.74) is 0.772. The Hall–Kier alpha value is -2.70. The third kappa shape index (κ3) is 2.59. The second-order valence-corrected chi connectivity index (χ2v) is 3.66. The summed E-state index contributed by atoms with van der Waals surface area (Å²) in [6.07, 6.45) is 0. The van der Waals surface area contributed by atoms with Crippen LogP contribution >= 0.6 is 0 Å². The number of rotatable bonds is 4. The minimum Gasteiger partial charge on any atom is -0.461 e. The molecule has 1 aromatic carbocycles. The summed E-state index contributed by atoms with van der Waals surface area (Å²) in [7, 11) is 0. The molecule has 1 N–H and O–H groups in total. The molecule has 0 amide bonds. The second-order valence-electron chi connectivity index (χ2n) is 3.66. The van der Waals surface area contributed by atoms with Gasteiger partial charge in [0.1, 0.15) is 5.69 Å². The third-order valence-electron chi connectivity index (χ3n) is 2.45. The van der Waals surface area contributed by atoms with E-state index in [0.717, 1.165) is 0 Å². The van der Waals surface area contributed by atoms with Crippen LogP contribution in [0.4, 0.5) is 5.69 Å². The van der Waals surface area contributed by atoms with Gasteiger partial charge in [-0.25, -0.2) is 4.79 Å². The summed E-state index contributed by atoms with van der Waals surface area (Å²) in [4.78, 5) is 21.9. The minimum absolute atomic E-state index is 0.0654. The summed E-state index contributed by atoms with van der Waals surface area (Å²) in [5.74, 6) is -0.542. The highest BCUT2D eigenvalue weighted by Gasteiger charge is 2.18. The van der Waals surface area contributed by atoms with Gasteiger partial charge >= 0.3 is 5.97 Å². The van der Waals surface area contributed by atoms with Gasteiger partial charge in [-0.15, -0.1) is 0 Å². The summed E-state index contributed by atoms with van der Waals surface area (Å²) < 4.78 is 4.81. The fraction of sp³-hybridized carbons (Fsp3) is 0.167. The van der Waals surface area contributed by atoms with Crippen molar-refractivity contribution in [2.24, 2.45) is 0 Å². The lowest BCUT2D eigenvalue weighted by atomic mass is 10.1. The van der Waals surface area contributed by atoms with Gasteiger partial charge in [0, 0.05) is 6.07 Å². The maximum atomic E-state index is 11.5. The van der Waals surface area contributed by atoms with Crippen LogP contribution in [-0.4, -0.2) is 27.7 Å². The first-order valence-corrected chi connectivity index (χ1v) is 5.59. The highest BCUT2D eigenvalue weighted by molar-refractivity contribution is 5.89. The van der Waals surface area contributed by atoms with Crippen LogP contribution in [0.3, 0.4) is 0 Å². The van der Waals surface area contributed by atoms with E-state index in [1.807, 2.05) is 0 Å². The van der Waals surface area contributed by atoms with Crippen molar-refractivity contribution in [2.75, 3.05) is 6.61 Å². The Morgan fingerprint density at radius 3 is 2.89 bits per heavy atom. The number of nitro benzene ring substituents is 1. The number of hydrogen-bond donors (Lipinski definition) is 1. The van der Waals surface area contributed by atoms with Crippen LogP contribution in [0.1, 0.15) is 17.4 Å². The molecular formula is C12H11N3O4. The van der Waals surface area contributed by atoms with Crippen molar-refractivity contribution in [2.45, 2.75) is 6.92 Å². The molecule has 0 unspecified atom stereocenters. The Labute approximate surface area is 108 Å². The molecule has 7 nitrogen and oxygen atoms in total. The highest BCUT2D eigenvalue weighted by Crippen LogP contribution is 2.28. The monoisotopic (exact) mass is 261 g/mol. The van der Waals surface area contributed by atoms with Crippen LogP contribution in [0, 0.1) is 10.1 Å². The van der Waals surface area contributed by atoms with Crippen molar-refractivity contribution < 1.29 is 14.5 Å². The number of nitro groups is 1. The van der Waals surface area contributed by atoms with Crippen LogP contribution in [0.25, 0.3) is 11.3 Å². The van der Waals surface area contributed by atoms with Gasteiger partial charge in [-0.05, 0) is 19.1 Å². The minimum atomic E-state index is -0.542. The lowest BCUT2D eigenvalue weighted by Gasteiger charge is -1.98. The zero-order valence-electron chi connectivity index (χ0n) is 10.1. The molecule has 2 rings (SSSR count). The van der Waals surface area contributed by atoms with E-state index < -0.39 is 10.9 Å². The van der Waals surface area contributed by atoms with Gasteiger partial charge in [-0.3, -0.25) is 15.2 Å². The maximum absolute atomic E-state index is 11.5. The largest absolute Gasteiger partial charge is 0.461 e. The number of benzene rings is 1. The number of aromatic amines is 1. The summed E-state index contributed by atoms with van der Waals surface area (Å²) >= 11 is 0. The molecule has 0 aliphatic carbocycles. The molecule has 0 radical (unpaired) electrons. The predicted octanol–water partition coefficient (Wildman–Crippen LogP) is 2.16. The van der Waals surface area contributed by atoms with Crippen LogP contribution in [0.15, 0.2) is 30.3 Å². The molecule has 1 aromatic heterocycles. The molecule has 0 fully saturated rings. The number of esters is 1. The number of hydrogen-bond acceptors (Lipinski definition) is 5. The molecule has 98 valence electrons. The van der Waals surface area contributed by atoms with Gasteiger partial charge in [-0.2, -0.15) is 5.10 Å². The van der Waals surface area contributed by atoms with E-state index in [-0.39, 0.29) is 18.0 Å². The number of H-pyrrole nitrogens is 1. The first kappa shape index (κ1) is 12.7. The van der Waals surface area contributed by atoms with Gasteiger partial charge in [0.2, 0.25) is 0 Å². The fourth-order valence-electron chi connectivity index (χ4n) is 1.62. The summed E-state index contributed by atoms with van der Waals surface area (Å²) in [6.45, 7) is 1.94. The Balaban J connectivity index is 2.38. The molecule has 0 spiro atoms. The van der Waals surface area contributed by atoms with Crippen molar-refractivity contribution in [3.63, 3.8) is 0 Å². The highest BCUT2D eigenvalue weighted by atomic mass is 16.6. The zero-order valence-corrected chi connectivity index (χ0v) is 10.1. The van der Waals surface area contributed by atoms with Crippen molar-refractivity contribution in [1.29, 1.82) is 0 Å². The number of carbonyl (C=O) groups excluding carboxylic acids is 1. The smallest absolute Gasteiger partial charge is 0.356 e. The van der Waals surface area contributed by atoms with Gasteiger partial charge < -0.3 is 4.74 Å². The Morgan fingerprint density at radius 2 is 2.21 bits per heavy atom. The fourth-order valence-corrected chi connectivity index (χ4v) is 1.62. The van der Waals surface area contributed by atoms with Crippen LogP contribution < -0.4 is 0 Å². The quantitative estimate of drug-likeness (QED) is 0.516. The van der Waals surface area contributed by atoms with Crippen molar-refractivity contribution in [3.8, 4) is 11.3 Å². The Morgan fingerprint density at radius 1 is 1.47 bits per heavy atom. The SMILES string of the molecule is CCOC(=O)c1cc(-c2ccccc2[N+](=O)[O-])n[nH]1. The van der Waals surface area contributed by atoms with E-state index in [2.05, 4.69) is 10.2 Å². The Kier molecular flexibility index (Phi) is 3.56. The van der Waals surface area contributed by atoms with E-state index in [4.69, 9.17) is 4.74 Å². The molecule has 19 heavy (non-hydrogen) atoms. The second kappa shape index (κ2) is 5.30. The first-order valence-electron chi connectivity index (χ1n) is 5.59. The standard InChI is InChI=1S/C12H11N3O4/c1-2-19-12(16)10-7-9(13-14-10)8-5-3-4-6-11(8)15(17)18/h3-7H,2H2,1H3,(H,13,14). The van der Waals surface area contributed by atoms with Crippen LogP contribution in [0.5, 0.6) is 0 Å². The van der Waals surface area contributed by atoms with Crippen molar-refractivity contribution >= 4 is 11.7 Å². The first-order chi connectivity index (χ1) is 9.13. The summed E-state index contributed by atoms with van der Waals surface area (Å²) in [5, 5.41) is 17.3. The van der Waals surface area contributed by atoms with Gasteiger partial charge in [0.05, 0.1) is 22.8 Å². The number of aromatic nitrogens is 2. The molecule has 0 atom stereocenters. The number of nitrogens with zero attached hydrogens (tertiary/aromatic N) is 2. The number of nitrogens with one attached hydrogen (secondary N) is 1. The van der Waals surface area contributed by atoms with E-state index in [1.165, 1.54) is 12.1 Å². The molecule has 0 saturated carbocycles. The zero-order chi connectivity index (χ0) is 13.8. The number of carbonyl (C=O) groups is 1. The van der Waals surface area contributed by atoms with Gasteiger partial charge in [0.15, 0.2) is 0 Å². The molecule has 0 aliphatic heterocycles. The van der Waals surface area contributed by atoms with E-state index in [9.17, 15) is 14.9 Å². The summed E-state index contributed by atoms with van der Waals surface area (Å²) in [6, 6.07) is 7.62. The molecular weight excluding hydrogens is 250 g/mol. The number of ether oxygens (including phenoxy) is 1. The molecule has 0 aliphatic rings. The average molecular weight is 261 g/mol. The average Bonchev–Trinajstić information content (AvgIpc) is 2.88. The third-order valence-corrected chi connectivity index (χ3v) is 2.45. The van der Waals surface area contributed by atoms with Crippen molar-refractivity contribution in [1.82, 2.24) is 10.2 Å². The predicted molar refractivity (Wildman–Crippen MR) is 66.6 cm³/mol. The molecule has 7 heteroatoms. The molecule has 1 heterocycles. The molecule has 2 aromatic rings. The lowest BCUT2D eigenvalue weighted by Crippen LogP contribution is -2.04. The van der Waals surface area contributed by atoms with E-state index >= 15 is 0 Å². The van der Waals surface area contributed by atoms with Gasteiger partial charge in [0.25, 0.3) is 5.69 Å².